The van der Waals surface area contributed by atoms with Crippen molar-refractivity contribution in [2.24, 2.45) is 13.0 Å². The summed E-state index contributed by atoms with van der Waals surface area (Å²) in [6.07, 6.45) is 10.9. The van der Waals surface area contributed by atoms with Crippen LogP contribution in [0.2, 0.25) is 0 Å². The Morgan fingerprint density at radius 3 is 2.88 bits per heavy atom. The van der Waals surface area contributed by atoms with E-state index in [0.29, 0.717) is 11.8 Å². The first-order valence-electron chi connectivity index (χ1n) is 9.19. The Morgan fingerprint density at radius 1 is 1.29 bits per heavy atom. The Hall–Kier alpha value is -1.08. The van der Waals surface area contributed by atoms with E-state index in [1.165, 1.54) is 63.4 Å². The molecule has 0 aromatic carbocycles. The lowest BCUT2D eigenvalue weighted by Crippen LogP contribution is -2.49. The molecule has 2 aliphatic rings. The van der Waals surface area contributed by atoms with Crippen LogP contribution in [0.1, 0.15) is 44.9 Å². The van der Waals surface area contributed by atoms with Gasteiger partial charge in [-0.1, -0.05) is 31.0 Å². The third kappa shape index (κ3) is 5.21. The van der Waals surface area contributed by atoms with Crippen molar-refractivity contribution in [2.45, 2.75) is 56.1 Å². The minimum absolute atomic E-state index is 0.104. The molecule has 1 amide bonds. The first kappa shape index (κ1) is 17.7. The van der Waals surface area contributed by atoms with Crippen molar-refractivity contribution >= 4 is 17.7 Å². The van der Waals surface area contributed by atoms with Crippen molar-refractivity contribution in [1.29, 1.82) is 0 Å². The van der Waals surface area contributed by atoms with E-state index in [1.807, 2.05) is 11.6 Å². The normalized spacial score (nSPS) is 23.3. The van der Waals surface area contributed by atoms with Crippen LogP contribution in [0.5, 0.6) is 0 Å². The van der Waals surface area contributed by atoms with Gasteiger partial charge in [0.1, 0.15) is 6.33 Å². The van der Waals surface area contributed by atoms with Crippen LogP contribution in [0.3, 0.4) is 0 Å². The fourth-order valence-corrected chi connectivity index (χ4v) is 4.58. The second kappa shape index (κ2) is 8.85. The van der Waals surface area contributed by atoms with Gasteiger partial charge in [-0.2, -0.15) is 0 Å². The van der Waals surface area contributed by atoms with Gasteiger partial charge in [-0.15, -0.1) is 10.2 Å². The summed E-state index contributed by atoms with van der Waals surface area (Å²) in [5, 5.41) is 11.8. The van der Waals surface area contributed by atoms with E-state index in [0.717, 1.165) is 24.0 Å². The predicted molar refractivity (Wildman–Crippen MR) is 95.9 cm³/mol. The molecular weight excluding hydrogens is 322 g/mol. The summed E-state index contributed by atoms with van der Waals surface area (Å²) < 4.78 is 1.84. The van der Waals surface area contributed by atoms with E-state index in [4.69, 9.17) is 0 Å². The average molecular weight is 352 g/mol. The van der Waals surface area contributed by atoms with Crippen molar-refractivity contribution in [2.75, 3.05) is 25.4 Å². The first-order chi connectivity index (χ1) is 11.7. The number of hydrogen-bond acceptors (Lipinski definition) is 5. The third-order valence-electron chi connectivity index (χ3n) is 5.11. The maximum atomic E-state index is 12.2. The highest BCUT2D eigenvalue weighted by molar-refractivity contribution is 7.99. The predicted octanol–water partition coefficient (Wildman–Crippen LogP) is 2.07. The number of hydrogen-bond donors (Lipinski definition) is 1. The second-order valence-electron chi connectivity index (χ2n) is 7.18. The Bertz CT molecular complexity index is 529. The lowest BCUT2D eigenvalue weighted by molar-refractivity contribution is -0.119. The number of nitrogens with zero attached hydrogens (tertiary/aromatic N) is 4. The highest BCUT2D eigenvalue weighted by atomic mass is 32.2. The lowest BCUT2D eigenvalue weighted by Gasteiger charge is -2.36. The van der Waals surface area contributed by atoms with E-state index in [2.05, 4.69) is 20.4 Å². The topological polar surface area (TPSA) is 63.1 Å². The Kier molecular flexibility index (Phi) is 6.54. The summed E-state index contributed by atoms with van der Waals surface area (Å²) >= 11 is 1.44. The van der Waals surface area contributed by atoms with E-state index >= 15 is 0 Å². The molecular formula is C17H29N5OS. The smallest absolute Gasteiger partial charge is 0.230 e. The number of carbonyl (C=O) groups is 1. The molecule has 0 bridgehead atoms. The molecule has 1 N–H and O–H groups in total. The van der Waals surface area contributed by atoms with Crippen LogP contribution in [0, 0.1) is 5.92 Å². The largest absolute Gasteiger partial charge is 0.351 e. The molecule has 2 heterocycles. The Morgan fingerprint density at radius 2 is 2.12 bits per heavy atom. The lowest BCUT2D eigenvalue weighted by atomic mass is 9.88. The van der Waals surface area contributed by atoms with Gasteiger partial charge >= 0.3 is 0 Å². The second-order valence-corrected chi connectivity index (χ2v) is 8.13. The summed E-state index contributed by atoms with van der Waals surface area (Å²) in [4.78, 5) is 14.8. The zero-order chi connectivity index (χ0) is 16.8. The molecule has 0 radical (unpaired) electrons. The van der Waals surface area contributed by atoms with Crippen LogP contribution < -0.4 is 5.32 Å². The Labute approximate surface area is 148 Å². The molecule has 1 aliphatic heterocycles. The van der Waals surface area contributed by atoms with Gasteiger partial charge in [-0.3, -0.25) is 4.79 Å². The number of aryl methyl sites for hydroxylation is 1. The fourth-order valence-electron chi connectivity index (χ4n) is 3.88. The van der Waals surface area contributed by atoms with Crippen molar-refractivity contribution in [1.82, 2.24) is 25.0 Å². The van der Waals surface area contributed by atoms with Crippen molar-refractivity contribution in [3.05, 3.63) is 6.33 Å². The summed E-state index contributed by atoms with van der Waals surface area (Å²) in [6, 6.07) is 0.301. The van der Waals surface area contributed by atoms with Crippen LogP contribution in [-0.2, 0) is 11.8 Å². The fraction of sp³-hybridized carbons (Fsp3) is 0.824. The van der Waals surface area contributed by atoms with E-state index in [-0.39, 0.29) is 5.91 Å². The van der Waals surface area contributed by atoms with Crippen LogP contribution in [0.15, 0.2) is 11.5 Å². The van der Waals surface area contributed by atoms with Gasteiger partial charge in [0.15, 0.2) is 5.16 Å². The molecule has 1 aliphatic carbocycles. The van der Waals surface area contributed by atoms with Gasteiger partial charge in [-0.25, -0.2) is 0 Å². The zero-order valence-corrected chi connectivity index (χ0v) is 15.4. The zero-order valence-electron chi connectivity index (χ0n) is 14.6. The molecule has 1 saturated heterocycles. The summed E-state index contributed by atoms with van der Waals surface area (Å²) in [5.41, 5.74) is 0. The van der Waals surface area contributed by atoms with Crippen molar-refractivity contribution in [3.8, 4) is 0 Å². The van der Waals surface area contributed by atoms with E-state index in [1.54, 1.807) is 6.33 Å². The number of carbonyl (C=O) groups excluding carboxylic acids is 1. The number of piperidine rings is 1. The standard InChI is InChI=1S/C17H29N5OS/c1-21-13-18-20-17(21)24-12-16(23)19-15-8-5-9-22(11-15)10-14-6-3-2-4-7-14/h13-15H,2-12H2,1H3,(H,19,23)/t15-/m1/s1. The van der Waals surface area contributed by atoms with E-state index < -0.39 is 0 Å². The van der Waals surface area contributed by atoms with Gasteiger partial charge in [0.25, 0.3) is 0 Å². The van der Waals surface area contributed by atoms with Gasteiger partial charge in [0, 0.05) is 26.2 Å². The first-order valence-corrected chi connectivity index (χ1v) is 10.2. The molecule has 1 atom stereocenters. The monoisotopic (exact) mass is 351 g/mol. The molecule has 134 valence electrons. The minimum Gasteiger partial charge on any atom is -0.351 e. The molecule has 0 unspecified atom stereocenters. The molecule has 3 rings (SSSR count). The summed E-state index contributed by atoms with van der Waals surface area (Å²) in [5.74, 6) is 1.39. The highest BCUT2D eigenvalue weighted by Crippen LogP contribution is 2.25. The molecule has 0 spiro atoms. The number of thioether (sulfide) groups is 1. The average Bonchev–Trinajstić information content (AvgIpc) is 2.99. The molecule has 1 aromatic rings. The van der Waals surface area contributed by atoms with Crippen molar-refractivity contribution in [3.63, 3.8) is 0 Å². The van der Waals surface area contributed by atoms with Crippen LogP contribution in [0.4, 0.5) is 0 Å². The number of rotatable bonds is 6. The van der Waals surface area contributed by atoms with Crippen molar-refractivity contribution < 1.29 is 4.79 Å². The minimum atomic E-state index is 0.104. The number of likely N-dealkylation sites (tertiary alicyclic amines) is 1. The van der Waals surface area contributed by atoms with E-state index in [9.17, 15) is 4.79 Å². The quantitative estimate of drug-likeness (QED) is 0.795. The van der Waals surface area contributed by atoms with Gasteiger partial charge < -0.3 is 14.8 Å². The number of amides is 1. The van der Waals surface area contributed by atoms with Gasteiger partial charge in [0.05, 0.1) is 5.75 Å². The maximum Gasteiger partial charge on any atom is 0.230 e. The molecule has 24 heavy (non-hydrogen) atoms. The number of aromatic nitrogens is 3. The highest BCUT2D eigenvalue weighted by Gasteiger charge is 2.24. The van der Waals surface area contributed by atoms with Crippen LogP contribution in [0.25, 0.3) is 0 Å². The molecule has 1 aromatic heterocycles. The van der Waals surface area contributed by atoms with Gasteiger partial charge in [-0.05, 0) is 38.1 Å². The van der Waals surface area contributed by atoms with Crippen LogP contribution >= 0.6 is 11.8 Å². The molecule has 6 nitrogen and oxygen atoms in total. The third-order valence-corrected chi connectivity index (χ3v) is 6.15. The summed E-state index contributed by atoms with van der Waals surface area (Å²) in [7, 11) is 1.89. The SMILES string of the molecule is Cn1cnnc1SCC(=O)N[C@@H]1CCCN(CC2CCCCC2)C1. The van der Waals surface area contributed by atoms with Gasteiger partial charge in [0.2, 0.25) is 5.91 Å². The summed E-state index contributed by atoms with van der Waals surface area (Å²) in [6.45, 7) is 3.42. The Balaban J connectivity index is 1.39. The molecule has 1 saturated carbocycles. The van der Waals surface area contributed by atoms with Crippen LogP contribution in [-0.4, -0.2) is 57.0 Å². The molecule has 2 fully saturated rings. The maximum absolute atomic E-state index is 12.2. The number of nitrogens with one attached hydrogen (secondary N) is 1. The molecule has 7 heteroatoms.